The lowest BCUT2D eigenvalue weighted by atomic mass is 9.85. The van der Waals surface area contributed by atoms with Crippen LogP contribution in [0.5, 0.6) is 0 Å². The quantitative estimate of drug-likeness (QED) is 0.884. The Balaban J connectivity index is 2.27. The number of rotatable bonds is 4. The van der Waals surface area contributed by atoms with Crippen molar-refractivity contribution in [2.75, 3.05) is 18.0 Å². The molecule has 0 aliphatic carbocycles. The number of fused-ring (bicyclic) bond motifs is 1. The summed E-state index contributed by atoms with van der Waals surface area (Å²) in [6, 6.07) is 9.44. The lowest BCUT2D eigenvalue weighted by molar-refractivity contribution is 0.311. The van der Waals surface area contributed by atoms with Gasteiger partial charge in [0.15, 0.2) is 0 Å². The Morgan fingerprint density at radius 3 is 2.78 bits per heavy atom. The number of hydrogen-bond donors (Lipinski definition) is 1. The Labute approximate surface area is 111 Å². The third-order valence-corrected chi connectivity index (χ3v) is 4.56. The number of anilines is 1. The van der Waals surface area contributed by atoms with Crippen molar-refractivity contribution in [1.29, 1.82) is 0 Å². The van der Waals surface area contributed by atoms with Gasteiger partial charge in [-0.25, -0.2) is 0 Å². The maximum absolute atomic E-state index is 5.97. The maximum Gasteiger partial charge on any atom is 0.0401 e. The molecule has 0 spiro atoms. The molecule has 1 heterocycles. The van der Waals surface area contributed by atoms with E-state index in [0.717, 1.165) is 19.5 Å². The number of benzene rings is 1. The molecule has 2 heteroatoms. The topological polar surface area (TPSA) is 29.3 Å². The van der Waals surface area contributed by atoms with E-state index >= 15 is 0 Å². The highest BCUT2D eigenvalue weighted by atomic mass is 15.2. The van der Waals surface area contributed by atoms with Gasteiger partial charge in [0.2, 0.25) is 0 Å². The first-order valence-corrected chi connectivity index (χ1v) is 7.14. The maximum atomic E-state index is 5.97. The van der Waals surface area contributed by atoms with Crippen LogP contribution in [-0.2, 0) is 6.42 Å². The largest absolute Gasteiger partial charge is 0.368 e. The Kier molecular flexibility index (Phi) is 3.96. The van der Waals surface area contributed by atoms with E-state index in [1.54, 1.807) is 0 Å². The first kappa shape index (κ1) is 13.4. The molecule has 2 rings (SSSR count). The normalized spacial score (nSPS) is 22.4. The minimum Gasteiger partial charge on any atom is -0.368 e. The van der Waals surface area contributed by atoms with Crippen LogP contribution in [0, 0.1) is 5.41 Å². The van der Waals surface area contributed by atoms with E-state index < -0.39 is 0 Å². The summed E-state index contributed by atoms with van der Waals surface area (Å²) in [5, 5.41) is 0. The molecule has 1 aliphatic rings. The summed E-state index contributed by atoms with van der Waals surface area (Å²) in [6.07, 6.45) is 3.59. The second-order valence-corrected chi connectivity index (χ2v) is 6.01. The zero-order chi connectivity index (χ0) is 13.2. The highest BCUT2D eigenvalue weighted by Gasteiger charge is 2.29. The number of hydrogen-bond acceptors (Lipinski definition) is 2. The zero-order valence-corrected chi connectivity index (χ0v) is 11.9. The minimum atomic E-state index is 0.221. The molecule has 0 saturated carbocycles. The first-order chi connectivity index (χ1) is 8.59. The van der Waals surface area contributed by atoms with Gasteiger partial charge in [-0.1, -0.05) is 32.0 Å². The van der Waals surface area contributed by atoms with Crippen LogP contribution in [0.1, 0.15) is 39.2 Å². The Morgan fingerprint density at radius 2 is 2.11 bits per heavy atom. The molecule has 18 heavy (non-hydrogen) atoms. The first-order valence-electron chi connectivity index (χ1n) is 7.14. The van der Waals surface area contributed by atoms with Crippen LogP contribution in [0.4, 0.5) is 5.69 Å². The van der Waals surface area contributed by atoms with Crippen LogP contribution in [0.15, 0.2) is 24.3 Å². The van der Waals surface area contributed by atoms with Gasteiger partial charge < -0.3 is 10.6 Å². The van der Waals surface area contributed by atoms with E-state index in [4.69, 9.17) is 5.73 Å². The SMILES string of the molecule is CCC(C)(CN)CN1c2ccccc2CCC1C. The van der Waals surface area contributed by atoms with Crippen molar-refractivity contribution in [3.05, 3.63) is 29.8 Å². The van der Waals surface area contributed by atoms with Crippen molar-refractivity contribution in [3.63, 3.8) is 0 Å². The van der Waals surface area contributed by atoms with Crippen LogP contribution < -0.4 is 10.6 Å². The average molecular weight is 246 g/mol. The third kappa shape index (κ3) is 2.54. The summed E-state index contributed by atoms with van der Waals surface area (Å²) < 4.78 is 0. The lowest BCUT2D eigenvalue weighted by Gasteiger charge is -2.42. The summed E-state index contributed by atoms with van der Waals surface area (Å²) in [5.41, 5.74) is 9.11. The molecule has 2 unspecified atom stereocenters. The van der Waals surface area contributed by atoms with E-state index in [-0.39, 0.29) is 5.41 Å². The van der Waals surface area contributed by atoms with Crippen molar-refractivity contribution in [2.45, 2.75) is 46.1 Å². The summed E-state index contributed by atoms with van der Waals surface area (Å²) in [6.45, 7) is 8.71. The van der Waals surface area contributed by atoms with Gasteiger partial charge in [-0.2, -0.15) is 0 Å². The number of nitrogens with two attached hydrogens (primary N) is 1. The molecule has 100 valence electrons. The summed E-state index contributed by atoms with van der Waals surface area (Å²) in [4.78, 5) is 2.56. The van der Waals surface area contributed by atoms with Crippen LogP contribution in [0.3, 0.4) is 0 Å². The van der Waals surface area contributed by atoms with Crippen LogP contribution in [0.25, 0.3) is 0 Å². The molecule has 2 atom stereocenters. The van der Waals surface area contributed by atoms with Gasteiger partial charge in [-0.05, 0) is 49.8 Å². The third-order valence-electron chi connectivity index (χ3n) is 4.56. The molecule has 0 bridgehead atoms. The summed E-state index contributed by atoms with van der Waals surface area (Å²) in [7, 11) is 0. The zero-order valence-electron chi connectivity index (χ0n) is 11.9. The smallest absolute Gasteiger partial charge is 0.0401 e. The van der Waals surface area contributed by atoms with Gasteiger partial charge in [0.1, 0.15) is 0 Å². The number of aryl methyl sites for hydroxylation is 1. The van der Waals surface area contributed by atoms with E-state index in [9.17, 15) is 0 Å². The fourth-order valence-corrected chi connectivity index (χ4v) is 2.73. The molecule has 1 aromatic carbocycles. The van der Waals surface area contributed by atoms with Crippen molar-refractivity contribution >= 4 is 5.69 Å². The Morgan fingerprint density at radius 1 is 1.39 bits per heavy atom. The van der Waals surface area contributed by atoms with E-state index in [1.165, 1.54) is 24.1 Å². The number of para-hydroxylation sites is 1. The number of nitrogens with zero attached hydrogens (tertiary/aromatic N) is 1. The highest BCUT2D eigenvalue weighted by molar-refractivity contribution is 5.56. The van der Waals surface area contributed by atoms with Gasteiger partial charge in [0, 0.05) is 18.3 Å². The van der Waals surface area contributed by atoms with E-state index in [1.807, 2.05) is 0 Å². The predicted molar refractivity (Wildman–Crippen MR) is 79.0 cm³/mol. The minimum absolute atomic E-state index is 0.221. The van der Waals surface area contributed by atoms with Gasteiger partial charge in [0.25, 0.3) is 0 Å². The Hall–Kier alpha value is -1.02. The van der Waals surface area contributed by atoms with Crippen molar-refractivity contribution in [2.24, 2.45) is 11.1 Å². The van der Waals surface area contributed by atoms with Crippen molar-refractivity contribution in [3.8, 4) is 0 Å². The fourth-order valence-electron chi connectivity index (χ4n) is 2.73. The second kappa shape index (κ2) is 5.31. The molecule has 0 radical (unpaired) electrons. The second-order valence-electron chi connectivity index (χ2n) is 6.01. The van der Waals surface area contributed by atoms with Crippen molar-refractivity contribution < 1.29 is 0 Å². The average Bonchev–Trinajstić information content (AvgIpc) is 2.42. The van der Waals surface area contributed by atoms with Gasteiger partial charge >= 0.3 is 0 Å². The van der Waals surface area contributed by atoms with Crippen LogP contribution in [0.2, 0.25) is 0 Å². The van der Waals surface area contributed by atoms with Gasteiger partial charge in [0.05, 0.1) is 0 Å². The van der Waals surface area contributed by atoms with Crippen LogP contribution >= 0.6 is 0 Å². The fraction of sp³-hybridized carbons (Fsp3) is 0.625. The molecule has 2 N–H and O–H groups in total. The molecule has 2 nitrogen and oxygen atoms in total. The summed E-state index contributed by atoms with van der Waals surface area (Å²) in [5.74, 6) is 0. The lowest BCUT2D eigenvalue weighted by Crippen LogP contribution is -2.46. The van der Waals surface area contributed by atoms with E-state index in [0.29, 0.717) is 6.04 Å². The molecule has 1 aromatic rings. The monoisotopic (exact) mass is 246 g/mol. The molecule has 0 aromatic heterocycles. The molecular weight excluding hydrogens is 220 g/mol. The molecule has 0 amide bonds. The standard InChI is InChI=1S/C16H26N2/c1-4-16(3,11-17)12-18-13(2)9-10-14-7-5-6-8-15(14)18/h5-8,13H,4,9-12,17H2,1-3H3. The molecule has 1 aliphatic heterocycles. The van der Waals surface area contributed by atoms with Crippen LogP contribution in [-0.4, -0.2) is 19.1 Å². The van der Waals surface area contributed by atoms with E-state index in [2.05, 4.69) is 49.9 Å². The van der Waals surface area contributed by atoms with Crippen molar-refractivity contribution in [1.82, 2.24) is 0 Å². The highest BCUT2D eigenvalue weighted by Crippen LogP contribution is 2.33. The summed E-state index contributed by atoms with van der Waals surface area (Å²) >= 11 is 0. The molecular formula is C16H26N2. The Bertz CT molecular complexity index is 396. The molecule has 0 fully saturated rings. The predicted octanol–water partition coefficient (Wildman–Crippen LogP) is 3.20. The van der Waals surface area contributed by atoms with Gasteiger partial charge in [-0.15, -0.1) is 0 Å². The van der Waals surface area contributed by atoms with Gasteiger partial charge in [-0.3, -0.25) is 0 Å². The molecule has 0 saturated heterocycles.